The van der Waals surface area contributed by atoms with Crippen LogP contribution in [-0.2, 0) is 11.2 Å². The molecule has 0 aliphatic heterocycles. The van der Waals surface area contributed by atoms with E-state index in [1.54, 1.807) is 7.11 Å². The molecular weight excluding hydrogens is 286 g/mol. The van der Waals surface area contributed by atoms with Gasteiger partial charge in [0.25, 0.3) is 0 Å². The Morgan fingerprint density at radius 3 is 2.38 bits per heavy atom. The van der Waals surface area contributed by atoms with Crippen molar-refractivity contribution in [3.8, 4) is 5.75 Å². The van der Waals surface area contributed by atoms with Gasteiger partial charge in [-0.1, -0.05) is 23.7 Å². The molecule has 21 heavy (non-hydrogen) atoms. The molecule has 0 aromatic heterocycles. The zero-order chi connectivity index (χ0) is 15.1. The average molecular weight is 304 g/mol. The number of carbonyl (C=O) groups excluding carboxylic acids is 1. The summed E-state index contributed by atoms with van der Waals surface area (Å²) in [5, 5.41) is 3.61. The Labute approximate surface area is 129 Å². The first-order valence-corrected chi connectivity index (χ1v) is 7.23. The van der Waals surface area contributed by atoms with E-state index in [1.165, 1.54) is 5.56 Å². The van der Waals surface area contributed by atoms with E-state index < -0.39 is 0 Å². The summed E-state index contributed by atoms with van der Waals surface area (Å²) in [6, 6.07) is 15.0. The summed E-state index contributed by atoms with van der Waals surface area (Å²) in [6.45, 7) is 0. The van der Waals surface area contributed by atoms with Gasteiger partial charge in [-0.25, -0.2) is 0 Å². The van der Waals surface area contributed by atoms with Crippen LogP contribution >= 0.6 is 11.6 Å². The van der Waals surface area contributed by atoms with E-state index in [2.05, 4.69) is 5.32 Å². The number of amides is 1. The average Bonchev–Trinajstić information content (AvgIpc) is 2.50. The van der Waals surface area contributed by atoms with Gasteiger partial charge in [0.05, 0.1) is 7.11 Å². The molecule has 1 N–H and O–H groups in total. The van der Waals surface area contributed by atoms with Crippen molar-refractivity contribution >= 4 is 23.2 Å². The second kappa shape index (κ2) is 7.70. The molecule has 2 aromatic carbocycles. The van der Waals surface area contributed by atoms with E-state index in [4.69, 9.17) is 16.3 Å². The van der Waals surface area contributed by atoms with E-state index in [-0.39, 0.29) is 5.91 Å². The lowest BCUT2D eigenvalue weighted by atomic mass is 10.1. The number of rotatable bonds is 6. The molecule has 0 bridgehead atoms. The third kappa shape index (κ3) is 5.12. The lowest BCUT2D eigenvalue weighted by Crippen LogP contribution is -2.11. The molecule has 0 aliphatic carbocycles. The summed E-state index contributed by atoms with van der Waals surface area (Å²) in [5.41, 5.74) is 1.98. The van der Waals surface area contributed by atoms with Crippen LogP contribution in [-0.4, -0.2) is 13.0 Å². The fourth-order valence-electron chi connectivity index (χ4n) is 2.00. The third-order valence-electron chi connectivity index (χ3n) is 3.16. The van der Waals surface area contributed by atoms with Crippen molar-refractivity contribution < 1.29 is 9.53 Å². The highest BCUT2D eigenvalue weighted by Gasteiger charge is 2.03. The SMILES string of the molecule is COc1ccc(NC(=O)CCCc2ccc(Cl)cc2)cc1. The Balaban J connectivity index is 1.75. The first-order chi connectivity index (χ1) is 10.2. The van der Waals surface area contributed by atoms with Gasteiger partial charge in [-0.3, -0.25) is 4.79 Å². The minimum absolute atomic E-state index is 0.0223. The van der Waals surface area contributed by atoms with Crippen molar-refractivity contribution in [1.29, 1.82) is 0 Å². The third-order valence-corrected chi connectivity index (χ3v) is 3.41. The zero-order valence-corrected chi connectivity index (χ0v) is 12.7. The van der Waals surface area contributed by atoms with Crippen molar-refractivity contribution in [1.82, 2.24) is 0 Å². The summed E-state index contributed by atoms with van der Waals surface area (Å²) in [6.07, 6.45) is 2.17. The monoisotopic (exact) mass is 303 g/mol. The standard InChI is InChI=1S/C17H18ClNO2/c1-21-16-11-9-15(10-12-16)19-17(20)4-2-3-13-5-7-14(18)8-6-13/h5-12H,2-4H2,1H3,(H,19,20). The molecule has 0 radical (unpaired) electrons. The van der Waals surface area contributed by atoms with Crippen LogP contribution in [0.3, 0.4) is 0 Å². The maximum atomic E-state index is 11.8. The highest BCUT2D eigenvalue weighted by Crippen LogP contribution is 2.16. The number of nitrogens with one attached hydrogen (secondary N) is 1. The minimum atomic E-state index is 0.0223. The van der Waals surface area contributed by atoms with Crippen LogP contribution in [0.4, 0.5) is 5.69 Å². The van der Waals surface area contributed by atoms with E-state index in [0.29, 0.717) is 6.42 Å². The van der Waals surface area contributed by atoms with Gasteiger partial charge in [-0.2, -0.15) is 0 Å². The molecule has 0 spiro atoms. The number of halogens is 1. The second-order valence-electron chi connectivity index (χ2n) is 4.76. The van der Waals surface area contributed by atoms with Crippen LogP contribution in [0.25, 0.3) is 0 Å². The number of hydrogen-bond donors (Lipinski definition) is 1. The van der Waals surface area contributed by atoms with E-state index >= 15 is 0 Å². The predicted molar refractivity (Wildman–Crippen MR) is 86.0 cm³/mol. The molecule has 0 saturated heterocycles. The minimum Gasteiger partial charge on any atom is -0.497 e. The molecular formula is C17H18ClNO2. The zero-order valence-electron chi connectivity index (χ0n) is 11.9. The highest BCUT2D eigenvalue weighted by molar-refractivity contribution is 6.30. The summed E-state index contributed by atoms with van der Waals surface area (Å²) in [7, 11) is 1.62. The van der Waals surface area contributed by atoms with Crippen molar-refractivity contribution in [3.63, 3.8) is 0 Å². The predicted octanol–water partition coefficient (Wildman–Crippen LogP) is 4.31. The largest absolute Gasteiger partial charge is 0.497 e. The van der Waals surface area contributed by atoms with Gasteiger partial charge in [0, 0.05) is 17.1 Å². The van der Waals surface area contributed by atoms with Gasteiger partial charge in [0.1, 0.15) is 5.75 Å². The summed E-state index contributed by atoms with van der Waals surface area (Å²) < 4.78 is 5.07. The Kier molecular flexibility index (Phi) is 5.64. The molecule has 1 amide bonds. The maximum Gasteiger partial charge on any atom is 0.224 e. The number of methoxy groups -OCH3 is 1. The Bertz CT molecular complexity index is 579. The molecule has 110 valence electrons. The molecule has 0 aliphatic rings. The van der Waals surface area contributed by atoms with Crippen LogP contribution in [0.2, 0.25) is 5.02 Å². The molecule has 4 heteroatoms. The van der Waals surface area contributed by atoms with Gasteiger partial charge >= 0.3 is 0 Å². The van der Waals surface area contributed by atoms with Crippen molar-refractivity contribution in [2.75, 3.05) is 12.4 Å². The first-order valence-electron chi connectivity index (χ1n) is 6.86. The molecule has 2 aromatic rings. The first kappa shape index (κ1) is 15.4. The smallest absolute Gasteiger partial charge is 0.224 e. The Morgan fingerprint density at radius 1 is 1.10 bits per heavy atom. The molecule has 0 unspecified atom stereocenters. The lowest BCUT2D eigenvalue weighted by molar-refractivity contribution is -0.116. The van der Waals surface area contributed by atoms with E-state index in [0.717, 1.165) is 29.3 Å². The van der Waals surface area contributed by atoms with E-state index in [9.17, 15) is 4.79 Å². The molecule has 0 heterocycles. The molecule has 3 nitrogen and oxygen atoms in total. The van der Waals surface area contributed by atoms with Gasteiger partial charge in [-0.15, -0.1) is 0 Å². The Morgan fingerprint density at radius 2 is 1.76 bits per heavy atom. The van der Waals surface area contributed by atoms with Crippen LogP contribution in [0.15, 0.2) is 48.5 Å². The lowest BCUT2D eigenvalue weighted by Gasteiger charge is -2.06. The maximum absolute atomic E-state index is 11.8. The van der Waals surface area contributed by atoms with E-state index in [1.807, 2.05) is 48.5 Å². The van der Waals surface area contributed by atoms with Crippen molar-refractivity contribution in [2.24, 2.45) is 0 Å². The molecule has 0 atom stereocenters. The van der Waals surface area contributed by atoms with Crippen LogP contribution < -0.4 is 10.1 Å². The molecule has 2 rings (SSSR count). The number of hydrogen-bond acceptors (Lipinski definition) is 2. The van der Waals surface area contributed by atoms with Gasteiger partial charge in [0.15, 0.2) is 0 Å². The highest BCUT2D eigenvalue weighted by atomic mass is 35.5. The number of aryl methyl sites for hydroxylation is 1. The van der Waals surface area contributed by atoms with Gasteiger partial charge < -0.3 is 10.1 Å². The molecule has 0 fully saturated rings. The van der Waals surface area contributed by atoms with Crippen molar-refractivity contribution in [3.05, 3.63) is 59.1 Å². The van der Waals surface area contributed by atoms with Gasteiger partial charge in [0.2, 0.25) is 5.91 Å². The van der Waals surface area contributed by atoms with Crippen LogP contribution in [0, 0.1) is 0 Å². The van der Waals surface area contributed by atoms with Crippen LogP contribution in [0.5, 0.6) is 5.75 Å². The van der Waals surface area contributed by atoms with Crippen molar-refractivity contribution in [2.45, 2.75) is 19.3 Å². The van der Waals surface area contributed by atoms with Gasteiger partial charge in [-0.05, 0) is 54.8 Å². The Hall–Kier alpha value is -2.00. The second-order valence-corrected chi connectivity index (χ2v) is 5.19. The number of ether oxygens (including phenoxy) is 1. The fourth-order valence-corrected chi connectivity index (χ4v) is 2.13. The number of benzene rings is 2. The number of carbonyl (C=O) groups is 1. The summed E-state index contributed by atoms with van der Waals surface area (Å²) in [4.78, 5) is 11.8. The molecule has 0 saturated carbocycles. The topological polar surface area (TPSA) is 38.3 Å². The number of anilines is 1. The normalized spacial score (nSPS) is 10.2. The van der Waals surface area contributed by atoms with Crippen LogP contribution in [0.1, 0.15) is 18.4 Å². The summed E-state index contributed by atoms with van der Waals surface area (Å²) in [5.74, 6) is 0.796. The quantitative estimate of drug-likeness (QED) is 0.863. The summed E-state index contributed by atoms with van der Waals surface area (Å²) >= 11 is 5.83. The fraction of sp³-hybridized carbons (Fsp3) is 0.235.